The lowest BCUT2D eigenvalue weighted by Crippen LogP contribution is -2.52. The van der Waals surface area contributed by atoms with Gasteiger partial charge in [-0.3, -0.25) is 9.69 Å². The Kier molecular flexibility index (Phi) is 9.69. The van der Waals surface area contributed by atoms with Gasteiger partial charge in [0.1, 0.15) is 0 Å². The summed E-state index contributed by atoms with van der Waals surface area (Å²) in [6.45, 7) is 9.92. The molecule has 1 aliphatic rings. The van der Waals surface area contributed by atoms with E-state index in [-0.39, 0.29) is 42.8 Å². The molecule has 1 fully saturated rings. The summed E-state index contributed by atoms with van der Waals surface area (Å²) in [5, 5.41) is 6.44. The predicted molar refractivity (Wildman–Crippen MR) is 96.1 cm³/mol. The van der Waals surface area contributed by atoms with Crippen LogP contribution in [-0.4, -0.2) is 43.0 Å². The predicted octanol–water partition coefficient (Wildman–Crippen LogP) is 2.31. The molecule has 2 atom stereocenters. The Morgan fingerprint density at radius 1 is 1.18 bits per heavy atom. The Labute approximate surface area is 145 Å². The van der Waals surface area contributed by atoms with Crippen LogP contribution in [0.2, 0.25) is 0 Å². The van der Waals surface area contributed by atoms with Crippen molar-refractivity contribution in [2.75, 3.05) is 26.2 Å². The molecular formula is C16H27Cl2N3O. The topological polar surface area (TPSA) is 44.4 Å². The van der Waals surface area contributed by atoms with Crippen molar-refractivity contribution in [3.05, 3.63) is 35.4 Å². The van der Waals surface area contributed by atoms with Gasteiger partial charge in [-0.25, -0.2) is 0 Å². The number of hydrogen-bond donors (Lipinski definition) is 2. The van der Waals surface area contributed by atoms with Crippen molar-refractivity contribution in [3.63, 3.8) is 0 Å². The Morgan fingerprint density at radius 2 is 1.77 bits per heavy atom. The molecule has 0 bridgehead atoms. The van der Waals surface area contributed by atoms with E-state index in [1.807, 2.05) is 26.0 Å². The summed E-state index contributed by atoms with van der Waals surface area (Å²) in [5.74, 6) is 0.114. The lowest BCUT2D eigenvalue weighted by Gasteiger charge is -2.32. The van der Waals surface area contributed by atoms with E-state index in [1.54, 1.807) is 0 Å². The number of rotatable bonds is 4. The second kappa shape index (κ2) is 10.1. The first-order valence-corrected chi connectivity index (χ1v) is 7.40. The molecule has 0 saturated carbocycles. The standard InChI is InChI=1S/C16H25N3O.2ClH/c1-12-6-4-5-7-15(12)13(2)18-16(20)14(3)19-10-8-17-9-11-19;;/h4-7,13-14,17H,8-11H2,1-3H3,(H,18,20);2*1H. The Bertz CT molecular complexity index is 464. The van der Waals surface area contributed by atoms with Crippen molar-refractivity contribution in [2.45, 2.75) is 32.9 Å². The number of amides is 1. The molecule has 2 rings (SSSR count). The molecule has 1 aromatic rings. The van der Waals surface area contributed by atoms with E-state index in [0.717, 1.165) is 26.2 Å². The Balaban J connectivity index is 0.00000220. The maximum absolute atomic E-state index is 12.4. The zero-order valence-corrected chi connectivity index (χ0v) is 15.1. The Morgan fingerprint density at radius 3 is 2.36 bits per heavy atom. The third-order valence-electron chi connectivity index (χ3n) is 4.09. The van der Waals surface area contributed by atoms with Gasteiger partial charge >= 0.3 is 0 Å². The van der Waals surface area contributed by atoms with Gasteiger partial charge in [-0.05, 0) is 31.9 Å². The van der Waals surface area contributed by atoms with Gasteiger partial charge in [0.2, 0.25) is 5.91 Å². The lowest BCUT2D eigenvalue weighted by molar-refractivity contribution is -0.126. The fraction of sp³-hybridized carbons (Fsp3) is 0.562. The van der Waals surface area contributed by atoms with Gasteiger partial charge < -0.3 is 10.6 Å². The maximum Gasteiger partial charge on any atom is 0.237 e. The van der Waals surface area contributed by atoms with Crippen molar-refractivity contribution in [3.8, 4) is 0 Å². The molecule has 2 unspecified atom stereocenters. The normalized spacial score (nSPS) is 17.6. The number of carbonyl (C=O) groups excluding carboxylic acids is 1. The van der Waals surface area contributed by atoms with Crippen LogP contribution in [0.4, 0.5) is 0 Å². The monoisotopic (exact) mass is 347 g/mol. The highest BCUT2D eigenvalue weighted by Gasteiger charge is 2.24. The van der Waals surface area contributed by atoms with Crippen LogP contribution in [-0.2, 0) is 4.79 Å². The third-order valence-corrected chi connectivity index (χ3v) is 4.09. The molecule has 1 heterocycles. The first-order valence-electron chi connectivity index (χ1n) is 7.40. The van der Waals surface area contributed by atoms with E-state index >= 15 is 0 Å². The van der Waals surface area contributed by atoms with Crippen molar-refractivity contribution >= 4 is 30.7 Å². The minimum atomic E-state index is -0.0661. The van der Waals surface area contributed by atoms with Crippen LogP contribution in [0, 0.1) is 6.92 Å². The summed E-state index contributed by atoms with van der Waals surface area (Å²) >= 11 is 0. The van der Waals surface area contributed by atoms with E-state index in [4.69, 9.17) is 0 Å². The van der Waals surface area contributed by atoms with Crippen LogP contribution in [0.15, 0.2) is 24.3 Å². The van der Waals surface area contributed by atoms with Crippen molar-refractivity contribution < 1.29 is 4.79 Å². The molecule has 1 saturated heterocycles. The molecule has 1 aromatic carbocycles. The smallest absolute Gasteiger partial charge is 0.237 e. The molecule has 126 valence electrons. The van der Waals surface area contributed by atoms with Gasteiger partial charge in [0.25, 0.3) is 0 Å². The zero-order chi connectivity index (χ0) is 14.5. The number of nitrogens with one attached hydrogen (secondary N) is 2. The number of hydrogen-bond acceptors (Lipinski definition) is 3. The van der Waals surface area contributed by atoms with E-state index in [0.29, 0.717) is 0 Å². The molecule has 4 nitrogen and oxygen atoms in total. The molecule has 1 amide bonds. The average Bonchev–Trinajstić information content (AvgIpc) is 2.47. The molecular weight excluding hydrogens is 321 g/mol. The minimum absolute atomic E-state index is 0. The average molecular weight is 348 g/mol. The van der Waals surface area contributed by atoms with Gasteiger partial charge in [0.15, 0.2) is 0 Å². The summed E-state index contributed by atoms with van der Waals surface area (Å²) in [4.78, 5) is 14.6. The van der Waals surface area contributed by atoms with E-state index in [2.05, 4.69) is 34.6 Å². The summed E-state index contributed by atoms with van der Waals surface area (Å²) in [5.41, 5.74) is 2.41. The van der Waals surface area contributed by atoms with Gasteiger partial charge in [-0.15, -0.1) is 24.8 Å². The van der Waals surface area contributed by atoms with Crippen molar-refractivity contribution in [1.82, 2.24) is 15.5 Å². The summed E-state index contributed by atoms with van der Waals surface area (Å²) in [7, 11) is 0. The SMILES string of the molecule is Cc1ccccc1C(C)NC(=O)C(C)N1CCNCC1.Cl.Cl. The molecule has 0 radical (unpaired) electrons. The highest BCUT2D eigenvalue weighted by Crippen LogP contribution is 2.17. The van der Waals surface area contributed by atoms with E-state index in [1.165, 1.54) is 11.1 Å². The molecule has 2 N–H and O–H groups in total. The fourth-order valence-corrected chi connectivity index (χ4v) is 2.72. The van der Waals surface area contributed by atoms with Gasteiger partial charge in [0.05, 0.1) is 12.1 Å². The largest absolute Gasteiger partial charge is 0.348 e. The molecule has 1 aliphatic heterocycles. The second-order valence-corrected chi connectivity index (χ2v) is 5.55. The van der Waals surface area contributed by atoms with Crippen LogP contribution in [0.1, 0.15) is 31.0 Å². The van der Waals surface area contributed by atoms with Crippen LogP contribution < -0.4 is 10.6 Å². The minimum Gasteiger partial charge on any atom is -0.348 e. The van der Waals surface area contributed by atoms with Crippen LogP contribution in [0.5, 0.6) is 0 Å². The number of halogens is 2. The van der Waals surface area contributed by atoms with Crippen LogP contribution in [0.25, 0.3) is 0 Å². The molecule has 0 aliphatic carbocycles. The number of nitrogens with zero attached hydrogens (tertiary/aromatic N) is 1. The lowest BCUT2D eigenvalue weighted by atomic mass is 10.0. The molecule has 6 heteroatoms. The van der Waals surface area contributed by atoms with Crippen LogP contribution >= 0.6 is 24.8 Å². The quantitative estimate of drug-likeness (QED) is 0.878. The van der Waals surface area contributed by atoms with Crippen LogP contribution in [0.3, 0.4) is 0 Å². The highest BCUT2D eigenvalue weighted by molar-refractivity contribution is 5.85. The van der Waals surface area contributed by atoms with Gasteiger partial charge in [-0.1, -0.05) is 24.3 Å². The molecule has 0 aromatic heterocycles. The number of piperazine rings is 1. The summed E-state index contributed by atoms with van der Waals surface area (Å²) < 4.78 is 0. The number of carbonyl (C=O) groups is 1. The van der Waals surface area contributed by atoms with Gasteiger partial charge in [0, 0.05) is 26.2 Å². The second-order valence-electron chi connectivity index (χ2n) is 5.55. The number of benzene rings is 1. The highest BCUT2D eigenvalue weighted by atomic mass is 35.5. The Hall–Kier alpha value is -0.810. The summed E-state index contributed by atoms with van der Waals surface area (Å²) in [6.07, 6.45) is 0. The third kappa shape index (κ3) is 5.43. The number of aryl methyl sites for hydroxylation is 1. The summed E-state index contributed by atoms with van der Waals surface area (Å²) in [6, 6.07) is 8.19. The molecule has 22 heavy (non-hydrogen) atoms. The van der Waals surface area contributed by atoms with Gasteiger partial charge in [-0.2, -0.15) is 0 Å². The maximum atomic E-state index is 12.4. The zero-order valence-electron chi connectivity index (χ0n) is 13.5. The van der Waals surface area contributed by atoms with Crippen molar-refractivity contribution in [1.29, 1.82) is 0 Å². The van der Waals surface area contributed by atoms with Crippen molar-refractivity contribution in [2.24, 2.45) is 0 Å². The first-order chi connectivity index (χ1) is 9.59. The fourth-order valence-electron chi connectivity index (χ4n) is 2.72. The van der Waals surface area contributed by atoms with E-state index in [9.17, 15) is 4.79 Å². The first kappa shape index (κ1) is 21.2. The molecule has 0 spiro atoms. The van der Waals surface area contributed by atoms with E-state index < -0.39 is 0 Å².